The van der Waals surface area contributed by atoms with Gasteiger partial charge in [0.25, 0.3) is 0 Å². The van der Waals surface area contributed by atoms with Crippen LogP contribution in [0.4, 0.5) is 4.79 Å². The van der Waals surface area contributed by atoms with E-state index in [0.29, 0.717) is 18.4 Å². The molecule has 0 aromatic carbocycles. The first-order valence-corrected chi connectivity index (χ1v) is 6.07. The molecule has 0 heterocycles. The molecule has 1 amide bonds. The lowest BCUT2D eigenvalue weighted by Crippen LogP contribution is -2.35. The van der Waals surface area contributed by atoms with Gasteiger partial charge in [-0.1, -0.05) is 0 Å². The second-order valence-electron chi connectivity index (χ2n) is 5.66. The highest BCUT2D eigenvalue weighted by Crippen LogP contribution is 2.29. The van der Waals surface area contributed by atoms with Crippen LogP contribution in [0, 0.1) is 11.8 Å². The maximum Gasteiger partial charge on any atom is 0.407 e. The number of carbonyl (C=O) groups is 1. The highest BCUT2D eigenvalue weighted by Gasteiger charge is 2.24. The average Bonchev–Trinajstić information content (AvgIpc) is 2.59. The van der Waals surface area contributed by atoms with Crippen LogP contribution in [0.25, 0.3) is 0 Å². The quantitative estimate of drug-likeness (QED) is 0.775. The van der Waals surface area contributed by atoms with Crippen molar-refractivity contribution in [3.8, 4) is 0 Å². The third-order valence-electron chi connectivity index (χ3n) is 2.92. The molecule has 0 unspecified atom stereocenters. The summed E-state index contributed by atoms with van der Waals surface area (Å²) >= 11 is 0. The van der Waals surface area contributed by atoms with E-state index < -0.39 is 5.60 Å². The molecule has 1 aliphatic carbocycles. The number of nitrogens with one attached hydrogen (secondary N) is 1. The molecule has 0 saturated heterocycles. The predicted molar refractivity (Wildman–Crippen MR) is 64.1 cm³/mol. The summed E-state index contributed by atoms with van der Waals surface area (Å²) < 4.78 is 5.18. The summed E-state index contributed by atoms with van der Waals surface area (Å²) in [5.74, 6) is 1.21. The Morgan fingerprint density at radius 3 is 2.50 bits per heavy atom. The van der Waals surface area contributed by atoms with Crippen molar-refractivity contribution in [1.82, 2.24) is 5.32 Å². The monoisotopic (exact) mass is 228 g/mol. The van der Waals surface area contributed by atoms with Crippen molar-refractivity contribution in [3.05, 3.63) is 0 Å². The largest absolute Gasteiger partial charge is 0.444 e. The fourth-order valence-corrected chi connectivity index (χ4v) is 2.12. The van der Waals surface area contributed by atoms with Gasteiger partial charge in [-0.3, -0.25) is 0 Å². The average molecular weight is 228 g/mol. The van der Waals surface area contributed by atoms with Gasteiger partial charge in [0.2, 0.25) is 0 Å². The molecular weight excluding hydrogens is 204 g/mol. The van der Waals surface area contributed by atoms with Crippen LogP contribution < -0.4 is 11.1 Å². The number of rotatable bonds is 3. The number of alkyl carbamates (subject to hydrolysis) is 1. The lowest BCUT2D eigenvalue weighted by atomic mass is 10.1. The van der Waals surface area contributed by atoms with Gasteiger partial charge in [0.05, 0.1) is 0 Å². The third-order valence-corrected chi connectivity index (χ3v) is 2.92. The zero-order chi connectivity index (χ0) is 12.2. The van der Waals surface area contributed by atoms with Gasteiger partial charge in [0, 0.05) is 6.54 Å². The molecule has 0 radical (unpaired) electrons. The Labute approximate surface area is 97.9 Å². The van der Waals surface area contributed by atoms with E-state index in [1.54, 1.807) is 0 Å². The van der Waals surface area contributed by atoms with E-state index >= 15 is 0 Å². The van der Waals surface area contributed by atoms with Crippen LogP contribution in [0.1, 0.15) is 40.0 Å². The normalized spacial score (nSPS) is 25.5. The molecule has 1 rings (SSSR count). The Morgan fingerprint density at radius 1 is 1.38 bits per heavy atom. The summed E-state index contributed by atoms with van der Waals surface area (Å²) in [6, 6.07) is 0. The van der Waals surface area contributed by atoms with Crippen LogP contribution >= 0.6 is 0 Å². The zero-order valence-corrected chi connectivity index (χ0v) is 10.6. The van der Waals surface area contributed by atoms with Crippen LogP contribution in [-0.2, 0) is 4.74 Å². The Kier molecular flexibility index (Phi) is 4.59. The van der Waals surface area contributed by atoms with Crippen molar-refractivity contribution in [2.24, 2.45) is 17.6 Å². The third kappa shape index (κ3) is 4.84. The van der Waals surface area contributed by atoms with Gasteiger partial charge in [-0.15, -0.1) is 0 Å². The molecule has 0 spiro atoms. The molecule has 4 nitrogen and oxygen atoms in total. The van der Waals surface area contributed by atoms with Gasteiger partial charge < -0.3 is 15.8 Å². The predicted octanol–water partition coefficient (Wildman–Crippen LogP) is 1.89. The van der Waals surface area contributed by atoms with Crippen molar-refractivity contribution >= 4 is 6.09 Å². The van der Waals surface area contributed by atoms with Gasteiger partial charge in [0.15, 0.2) is 0 Å². The maximum absolute atomic E-state index is 11.4. The molecule has 0 aromatic rings. The summed E-state index contributed by atoms with van der Waals surface area (Å²) in [4.78, 5) is 11.4. The zero-order valence-electron chi connectivity index (χ0n) is 10.6. The number of hydrogen-bond acceptors (Lipinski definition) is 3. The number of amides is 1. The molecular formula is C12H24N2O2. The standard InChI is InChI=1S/C12H24N2O2/c1-12(2,3)16-11(15)14-8-10-5-4-9(6-10)7-13/h9-10H,4-8,13H2,1-3H3,(H,14,15)/t9-,10-/m0/s1. The van der Waals surface area contributed by atoms with Crippen molar-refractivity contribution in [2.45, 2.75) is 45.6 Å². The van der Waals surface area contributed by atoms with E-state index in [9.17, 15) is 4.79 Å². The lowest BCUT2D eigenvalue weighted by molar-refractivity contribution is 0.0519. The molecule has 2 atom stereocenters. The second kappa shape index (κ2) is 5.53. The van der Waals surface area contributed by atoms with E-state index in [2.05, 4.69) is 5.32 Å². The topological polar surface area (TPSA) is 64.3 Å². The van der Waals surface area contributed by atoms with Crippen LogP contribution in [-0.4, -0.2) is 24.8 Å². The van der Waals surface area contributed by atoms with E-state index in [1.165, 1.54) is 6.42 Å². The minimum atomic E-state index is -0.417. The summed E-state index contributed by atoms with van der Waals surface area (Å²) in [7, 11) is 0. The van der Waals surface area contributed by atoms with E-state index in [-0.39, 0.29) is 6.09 Å². The molecule has 1 saturated carbocycles. The lowest BCUT2D eigenvalue weighted by Gasteiger charge is -2.20. The SMILES string of the molecule is CC(C)(C)OC(=O)NC[C@H]1CC[C@H](CN)C1. The Bertz CT molecular complexity index is 236. The Balaban J connectivity index is 2.18. The maximum atomic E-state index is 11.4. The van der Waals surface area contributed by atoms with Gasteiger partial charge in [-0.25, -0.2) is 4.79 Å². The summed E-state index contributed by atoms with van der Waals surface area (Å²) in [6.07, 6.45) is 3.17. The summed E-state index contributed by atoms with van der Waals surface area (Å²) in [6.45, 7) is 7.08. The van der Waals surface area contributed by atoms with Crippen molar-refractivity contribution < 1.29 is 9.53 Å². The second-order valence-corrected chi connectivity index (χ2v) is 5.66. The molecule has 1 aliphatic rings. The van der Waals surface area contributed by atoms with E-state index in [4.69, 9.17) is 10.5 Å². The molecule has 0 aromatic heterocycles. The number of hydrogen-bond donors (Lipinski definition) is 2. The first-order chi connectivity index (χ1) is 7.40. The first kappa shape index (κ1) is 13.3. The van der Waals surface area contributed by atoms with Crippen LogP contribution in [0.2, 0.25) is 0 Å². The summed E-state index contributed by atoms with van der Waals surface area (Å²) in [5.41, 5.74) is 5.21. The molecule has 3 N–H and O–H groups in total. The molecule has 0 aliphatic heterocycles. The summed E-state index contributed by atoms with van der Waals surface area (Å²) in [5, 5.41) is 2.82. The van der Waals surface area contributed by atoms with Crippen molar-refractivity contribution in [3.63, 3.8) is 0 Å². The number of carbonyl (C=O) groups excluding carboxylic acids is 1. The minimum absolute atomic E-state index is 0.316. The molecule has 94 valence electrons. The Hall–Kier alpha value is -0.770. The molecule has 16 heavy (non-hydrogen) atoms. The van der Waals surface area contributed by atoms with E-state index in [0.717, 1.165) is 19.4 Å². The highest BCUT2D eigenvalue weighted by molar-refractivity contribution is 5.67. The molecule has 4 heteroatoms. The van der Waals surface area contributed by atoms with Gasteiger partial charge in [-0.2, -0.15) is 0 Å². The number of nitrogens with two attached hydrogens (primary N) is 1. The Morgan fingerprint density at radius 2 is 2.00 bits per heavy atom. The van der Waals surface area contributed by atoms with Gasteiger partial charge in [0.1, 0.15) is 5.60 Å². The van der Waals surface area contributed by atoms with Gasteiger partial charge >= 0.3 is 6.09 Å². The van der Waals surface area contributed by atoms with E-state index in [1.807, 2.05) is 20.8 Å². The fraction of sp³-hybridized carbons (Fsp3) is 0.917. The van der Waals surface area contributed by atoms with Crippen LogP contribution in [0.3, 0.4) is 0 Å². The number of ether oxygens (including phenoxy) is 1. The van der Waals surface area contributed by atoms with Gasteiger partial charge in [-0.05, 0) is 58.4 Å². The first-order valence-electron chi connectivity index (χ1n) is 6.07. The highest BCUT2D eigenvalue weighted by atomic mass is 16.6. The van der Waals surface area contributed by atoms with Crippen LogP contribution in [0.5, 0.6) is 0 Å². The molecule has 0 bridgehead atoms. The fourth-order valence-electron chi connectivity index (χ4n) is 2.12. The minimum Gasteiger partial charge on any atom is -0.444 e. The van der Waals surface area contributed by atoms with Crippen molar-refractivity contribution in [1.29, 1.82) is 0 Å². The molecule has 1 fully saturated rings. The van der Waals surface area contributed by atoms with Crippen LogP contribution in [0.15, 0.2) is 0 Å². The smallest absolute Gasteiger partial charge is 0.407 e. The van der Waals surface area contributed by atoms with Crippen molar-refractivity contribution in [2.75, 3.05) is 13.1 Å².